The van der Waals surface area contributed by atoms with Gasteiger partial charge in [-0.05, 0) is 56.6 Å². The number of aryl methyl sites for hydroxylation is 2. The molecular weight excluding hydrogens is 264 g/mol. The average Bonchev–Trinajstić information content (AvgIpc) is 2.53. The molecule has 0 amide bonds. The molecule has 1 aliphatic rings. The van der Waals surface area contributed by atoms with E-state index in [-0.39, 0.29) is 10.6 Å². The van der Waals surface area contributed by atoms with Crippen molar-refractivity contribution in [3.63, 3.8) is 0 Å². The number of benzene rings is 1. The second-order valence-electron chi connectivity index (χ2n) is 7.15. The van der Waals surface area contributed by atoms with E-state index >= 15 is 0 Å². The molecule has 4 heteroatoms. The highest BCUT2D eigenvalue weighted by atomic mass is 16.6. The van der Waals surface area contributed by atoms with Crippen molar-refractivity contribution < 1.29 is 4.92 Å². The Labute approximate surface area is 127 Å². The summed E-state index contributed by atoms with van der Waals surface area (Å²) in [6.45, 7) is 8.47. The van der Waals surface area contributed by atoms with Gasteiger partial charge in [-0.2, -0.15) is 0 Å². The highest BCUT2D eigenvalue weighted by Crippen LogP contribution is 2.35. The molecule has 1 aromatic rings. The van der Waals surface area contributed by atoms with Crippen LogP contribution in [0.25, 0.3) is 0 Å². The predicted molar refractivity (Wildman–Crippen MR) is 86.8 cm³/mol. The van der Waals surface area contributed by atoms with Gasteiger partial charge in [-0.1, -0.05) is 20.3 Å². The van der Waals surface area contributed by atoms with Gasteiger partial charge in [0.1, 0.15) is 0 Å². The van der Waals surface area contributed by atoms with Crippen LogP contribution in [0.3, 0.4) is 0 Å². The quantitative estimate of drug-likeness (QED) is 0.485. The second-order valence-corrected chi connectivity index (χ2v) is 7.15. The zero-order valence-corrected chi connectivity index (χ0v) is 13.5. The Kier molecular flexibility index (Phi) is 4.55. The van der Waals surface area contributed by atoms with Crippen LogP contribution in [0, 0.1) is 29.4 Å². The van der Waals surface area contributed by atoms with Crippen LogP contribution < -0.4 is 5.32 Å². The fraction of sp³-hybridized carbons (Fsp3) is 0.647. The molecule has 1 aromatic carbocycles. The summed E-state index contributed by atoms with van der Waals surface area (Å²) >= 11 is 0. The molecule has 21 heavy (non-hydrogen) atoms. The van der Waals surface area contributed by atoms with Crippen LogP contribution in [0.1, 0.15) is 57.1 Å². The highest BCUT2D eigenvalue weighted by Gasteiger charge is 2.25. The van der Waals surface area contributed by atoms with E-state index in [0.29, 0.717) is 11.5 Å². The molecule has 0 heterocycles. The number of nitrogens with zero attached hydrogens (tertiary/aromatic N) is 1. The van der Waals surface area contributed by atoms with Crippen LogP contribution in [0.2, 0.25) is 0 Å². The number of nitro benzene ring substituents is 1. The van der Waals surface area contributed by atoms with Gasteiger partial charge in [0.25, 0.3) is 5.69 Å². The van der Waals surface area contributed by atoms with E-state index in [9.17, 15) is 10.1 Å². The first-order valence-corrected chi connectivity index (χ1v) is 7.81. The molecule has 4 nitrogen and oxygen atoms in total. The highest BCUT2D eigenvalue weighted by molar-refractivity contribution is 5.60. The lowest BCUT2D eigenvalue weighted by Crippen LogP contribution is -2.20. The largest absolute Gasteiger partial charge is 0.382 e. The molecule has 116 valence electrons. The molecule has 0 aromatic heterocycles. The van der Waals surface area contributed by atoms with Crippen molar-refractivity contribution in [3.8, 4) is 0 Å². The number of anilines is 1. The zero-order valence-electron chi connectivity index (χ0n) is 13.5. The van der Waals surface area contributed by atoms with Crippen molar-refractivity contribution >= 4 is 11.4 Å². The molecule has 1 atom stereocenters. The zero-order chi connectivity index (χ0) is 15.6. The molecule has 1 unspecified atom stereocenters. The fourth-order valence-corrected chi connectivity index (χ4v) is 3.22. The molecule has 2 rings (SSSR count). The van der Waals surface area contributed by atoms with Crippen molar-refractivity contribution in [2.45, 2.75) is 65.8 Å². The topological polar surface area (TPSA) is 55.2 Å². The van der Waals surface area contributed by atoms with Crippen molar-refractivity contribution in [1.82, 2.24) is 0 Å². The van der Waals surface area contributed by atoms with Gasteiger partial charge in [0.15, 0.2) is 0 Å². The normalized spacial score (nSPS) is 21.6. The molecule has 1 N–H and O–H groups in total. The van der Waals surface area contributed by atoms with Gasteiger partial charge < -0.3 is 5.32 Å². The summed E-state index contributed by atoms with van der Waals surface area (Å²) in [7, 11) is 0. The molecule has 0 saturated heterocycles. The van der Waals surface area contributed by atoms with Crippen LogP contribution in [-0.2, 0) is 0 Å². The van der Waals surface area contributed by atoms with E-state index in [4.69, 9.17) is 0 Å². The Bertz CT molecular complexity index is 538. The Morgan fingerprint density at radius 3 is 2.57 bits per heavy atom. The Morgan fingerprint density at radius 1 is 1.19 bits per heavy atom. The third kappa shape index (κ3) is 3.96. The molecular formula is C17H26N2O2. The lowest BCUT2D eigenvalue weighted by Gasteiger charge is -2.23. The second kappa shape index (κ2) is 6.04. The van der Waals surface area contributed by atoms with E-state index in [0.717, 1.165) is 29.7 Å². The fourth-order valence-electron chi connectivity index (χ4n) is 3.22. The van der Waals surface area contributed by atoms with Crippen LogP contribution in [0.5, 0.6) is 0 Å². The number of nitro groups is 1. The van der Waals surface area contributed by atoms with Gasteiger partial charge in [0.05, 0.1) is 4.92 Å². The number of rotatable bonds is 3. The van der Waals surface area contributed by atoms with E-state index in [1.807, 2.05) is 13.0 Å². The van der Waals surface area contributed by atoms with Gasteiger partial charge in [0, 0.05) is 23.4 Å². The first-order chi connectivity index (χ1) is 9.78. The lowest BCUT2D eigenvalue weighted by molar-refractivity contribution is -0.385. The van der Waals surface area contributed by atoms with Crippen molar-refractivity contribution in [1.29, 1.82) is 0 Å². The van der Waals surface area contributed by atoms with E-state index in [1.165, 1.54) is 19.3 Å². The van der Waals surface area contributed by atoms with Gasteiger partial charge in [-0.3, -0.25) is 10.1 Å². The van der Waals surface area contributed by atoms with E-state index < -0.39 is 0 Å². The minimum Gasteiger partial charge on any atom is -0.382 e. The molecule has 0 aliphatic heterocycles. The SMILES string of the molecule is Cc1cc(C)c([N+](=O)[O-])cc1NC1CCCC(C)(C)CC1. The van der Waals surface area contributed by atoms with Crippen LogP contribution in [0.15, 0.2) is 12.1 Å². The van der Waals surface area contributed by atoms with Crippen molar-refractivity contribution in [2.75, 3.05) is 5.32 Å². The van der Waals surface area contributed by atoms with Crippen LogP contribution in [0.4, 0.5) is 11.4 Å². The maximum Gasteiger partial charge on any atom is 0.274 e. The van der Waals surface area contributed by atoms with Gasteiger partial charge in [-0.15, -0.1) is 0 Å². The third-order valence-electron chi connectivity index (χ3n) is 4.67. The summed E-state index contributed by atoms with van der Waals surface area (Å²) < 4.78 is 0. The third-order valence-corrected chi connectivity index (χ3v) is 4.67. The Hall–Kier alpha value is -1.58. The van der Waals surface area contributed by atoms with Gasteiger partial charge in [-0.25, -0.2) is 0 Å². The molecule has 0 spiro atoms. The maximum absolute atomic E-state index is 11.1. The first-order valence-electron chi connectivity index (χ1n) is 7.81. The summed E-state index contributed by atoms with van der Waals surface area (Å²) in [5, 5.41) is 14.6. The van der Waals surface area contributed by atoms with E-state index in [2.05, 4.69) is 19.2 Å². The van der Waals surface area contributed by atoms with Gasteiger partial charge in [0.2, 0.25) is 0 Å². The van der Waals surface area contributed by atoms with Gasteiger partial charge >= 0.3 is 0 Å². The minimum atomic E-state index is -0.295. The maximum atomic E-state index is 11.1. The van der Waals surface area contributed by atoms with Crippen LogP contribution in [-0.4, -0.2) is 11.0 Å². The summed E-state index contributed by atoms with van der Waals surface area (Å²) in [6, 6.07) is 4.02. The van der Waals surface area contributed by atoms with E-state index in [1.54, 1.807) is 13.0 Å². The average molecular weight is 290 g/mol. The summed E-state index contributed by atoms with van der Waals surface area (Å²) in [6.07, 6.45) is 5.96. The Balaban J connectivity index is 2.16. The summed E-state index contributed by atoms with van der Waals surface area (Å²) in [4.78, 5) is 10.8. The Morgan fingerprint density at radius 2 is 1.90 bits per heavy atom. The smallest absolute Gasteiger partial charge is 0.274 e. The molecule has 0 bridgehead atoms. The predicted octanol–water partition coefficient (Wildman–Crippen LogP) is 4.98. The lowest BCUT2D eigenvalue weighted by atomic mass is 9.85. The van der Waals surface area contributed by atoms with Crippen molar-refractivity contribution in [2.24, 2.45) is 5.41 Å². The molecule has 1 fully saturated rings. The standard InChI is InChI=1S/C17H26N2O2/c1-12-10-13(2)16(19(20)21)11-15(12)18-14-6-5-8-17(3,4)9-7-14/h10-11,14,18H,5-9H2,1-4H3. The summed E-state index contributed by atoms with van der Waals surface area (Å²) in [5.74, 6) is 0. The molecule has 1 aliphatic carbocycles. The monoisotopic (exact) mass is 290 g/mol. The number of nitrogens with one attached hydrogen (secondary N) is 1. The number of hydrogen-bond acceptors (Lipinski definition) is 3. The first kappa shape index (κ1) is 15.8. The van der Waals surface area contributed by atoms with Crippen LogP contribution >= 0.6 is 0 Å². The minimum absolute atomic E-state index is 0.206. The summed E-state index contributed by atoms with van der Waals surface area (Å²) in [5.41, 5.74) is 3.35. The van der Waals surface area contributed by atoms with Crippen molar-refractivity contribution in [3.05, 3.63) is 33.4 Å². The number of hydrogen-bond donors (Lipinski definition) is 1. The molecule has 1 saturated carbocycles. The molecule has 0 radical (unpaired) electrons.